The van der Waals surface area contributed by atoms with Crippen molar-refractivity contribution in [2.45, 2.75) is 19.6 Å². The summed E-state index contributed by atoms with van der Waals surface area (Å²) in [7, 11) is -2.05. The van der Waals surface area contributed by atoms with Crippen LogP contribution in [0.15, 0.2) is 273 Å². The maximum absolute atomic E-state index is 6.37. The summed E-state index contributed by atoms with van der Waals surface area (Å²) < 4.78 is 11.0. The Morgan fingerprint density at radius 1 is 0.329 bits per heavy atom. The monoisotopic (exact) mass is 915 g/mol. The van der Waals surface area contributed by atoms with Crippen LogP contribution in [0.25, 0.3) is 100.0 Å². The molecule has 70 heavy (non-hydrogen) atoms. The van der Waals surface area contributed by atoms with Crippen LogP contribution in [-0.4, -0.2) is 24.1 Å². The van der Waals surface area contributed by atoms with E-state index >= 15 is 0 Å². The van der Waals surface area contributed by atoms with Crippen LogP contribution in [0.3, 0.4) is 0 Å². The molecule has 0 saturated carbocycles. The number of para-hydroxylation sites is 4. The van der Waals surface area contributed by atoms with Crippen molar-refractivity contribution in [1.29, 1.82) is 0 Å². The van der Waals surface area contributed by atoms with E-state index in [9.17, 15) is 0 Å². The lowest BCUT2D eigenvalue weighted by Gasteiger charge is -2.42. The quantitative estimate of drug-likeness (QED) is 0.152. The molecular weight excluding hydrogens is 875 g/mol. The fourth-order valence-corrected chi connectivity index (χ4v) is 14.5. The summed E-state index contributed by atoms with van der Waals surface area (Å²) in [6.45, 7) is 0. The van der Waals surface area contributed by atoms with Gasteiger partial charge in [-0.15, -0.1) is 10.0 Å². The molecule has 0 N–H and O–H groups in total. The highest BCUT2D eigenvalue weighted by molar-refractivity contribution is 8.34. The molecule has 4 heterocycles. The third-order valence-corrected chi connectivity index (χ3v) is 17.6. The molecule has 0 aliphatic heterocycles. The van der Waals surface area contributed by atoms with Crippen molar-refractivity contribution >= 4 is 75.6 Å². The molecule has 0 atom stereocenters. The third kappa shape index (κ3) is 6.12. The first-order valence-corrected chi connectivity index (χ1v) is 25.1. The number of fused-ring (bicyclic) bond motifs is 10. The Morgan fingerprint density at radius 2 is 0.843 bits per heavy atom. The van der Waals surface area contributed by atoms with Gasteiger partial charge in [0.05, 0.1) is 22.1 Å². The highest BCUT2D eigenvalue weighted by atomic mass is 32.3. The third-order valence-electron chi connectivity index (χ3n) is 13.7. The maximum Gasteiger partial charge on any atom is 0.238 e. The van der Waals surface area contributed by atoms with Crippen molar-refractivity contribution in [1.82, 2.24) is 24.1 Å². The van der Waals surface area contributed by atoms with E-state index in [4.69, 9.17) is 19.4 Å². The van der Waals surface area contributed by atoms with Crippen LogP contribution in [-0.2, 0) is 0 Å². The molecule has 0 aliphatic carbocycles. The molecule has 0 spiro atoms. The van der Waals surface area contributed by atoms with Crippen LogP contribution in [0.5, 0.6) is 0 Å². The fraction of sp³-hybridized carbons (Fsp3) is 0. The average molecular weight is 916 g/mol. The van der Waals surface area contributed by atoms with Gasteiger partial charge in [-0.3, -0.25) is 4.57 Å². The van der Waals surface area contributed by atoms with Crippen molar-refractivity contribution < 1.29 is 4.42 Å². The van der Waals surface area contributed by atoms with Gasteiger partial charge < -0.3 is 8.98 Å². The van der Waals surface area contributed by atoms with Crippen molar-refractivity contribution in [3.8, 4) is 34.4 Å². The van der Waals surface area contributed by atoms with Crippen LogP contribution in [0.1, 0.15) is 0 Å². The molecular formula is C63H41N5OS. The molecule has 0 amide bonds. The van der Waals surface area contributed by atoms with Crippen LogP contribution >= 0.6 is 10.0 Å². The summed E-state index contributed by atoms with van der Waals surface area (Å²) in [6, 6.07) is 88.6. The molecule has 14 rings (SSSR count). The summed E-state index contributed by atoms with van der Waals surface area (Å²) in [5, 5.41) is 6.78. The molecule has 0 aliphatic rings. The topological polar surface area (TPSA) is 61.7 Å². The van der Waals surface area contributed by atoms with Gasteiger partial charge in [0.25, 0.3) is 0 Å². The highest BCUT2D eigenvalue weighted by Crippen LogP contribution is 2.73. The van der Waals surface area contributed by atoms with Gasteiger partial charge in [-0.1, -0.05) is 158 Å². The Balaban J connectivity index is 1.01. The lowest BCUT2D eigenvalue weighted by molar-refractivity contribution is 0.668. The van der Waals surface area contributed by atoms with Crippen molar-refractivity contribution in [3.63, 3.8) is 0 Å². The summed E-state index contributed by atoms with van der Waals surface area (Å²) >= 11 is 0. The second-order valence-corrected chi connectivity index (χ2v) is 20.7. The number of hydrogen-bond acceptors (Lipinski definition) is 4. The second kappa shape index (κ2) is 16.0. The Bertz CT molecular complexity index is 4240. The summed E-state index contributed by atoms with van der Waals surface area (Å²) in [4.78, 5) is 21.0. The molecule has 330 valence electrons. The zero-order valence-corrected chi connectivity index (χ0v) is 38.5. The van der Waals surface area contributed by atoms with E-state index < -0.39 is 10.0 Å². The number of rotatable bonds is 8. The summed E-state index contributed by atoms with van der Waals surface area (Å²) in [5.41, 5.74) is 8.99. The Morgan fingerprint density at radius 3 is 1.53 bits per heavy atom. The minimum Gasteiger partial charge on any atom is -0.456 e. The van der Waals surface area contributed by atoms with E-state index in [2.05, 4.69) is 228 Å². The van der Waals surface area contributed by atoms with Gasteiger partial charge in [0.15, 0.2) is 11.6 Å². The van der Waals surface area contributed by atoms with Gasteiger partial charge >= 0.3 is 0 Å². The van der Waals surface area contributed by atoms with Crippen LogP contribution in [0.2, 0.25) is 0 Å². The molecule has 0 fully saturated rings. The number of furan rings is 1. The number of aromatic nitrogens is 5. The number of benzene rings is 10. The molecule has 0 saturated heterocycles. The van der Waals surface area contributed by atoms with Crippen LogP contribution in [0, 0.1) is 0 Å². The minimum absolute atomic E-state index is 0.553. The molecule has 0 bridgehead atoms. The van der Waals surface area contributed by atoms with Gasteiger partial charge in [-0.25, -0.2) is 4.98 Å². The lowest BCUT2D eigenvalue weighted by atomic mass is 10.1. The van der Waals surface area contributed by atoms with E-state index in [-0.39, 0.29) is 0 Å². The molecule has 7 heteroatoms. The number of nitrogens with zero attached hydrogens (tertiary/aromatic N) is 5. The fourth-order valence-electron chi connectivity index (χ4n) is 10.7. The molecule has 10 aromatic carbocycles. The van der Waals surface area contributed by atoms with E-state index in [0.29, 0.717) is 17.6 Å². The van der Waals surface area contributed by atoms with Crippen molar-refractivity contribution in [2.75, 3.05) is 0 Å². The van der Waals surface area contributed by atoms with E-state index in [1.165, 1.54) is 19.6 Å². The van der Waals surface area contributed by atoms with Crippen LogP contribution in [0.4, 0.5) is 0 Å². The predicted molar refractivity (Wildman–Crippen MR) is 287 cm³/mol. The Labute approximate surface area is 404 Å². The molecule has 0 unspecified atom stereocenters. The molecule has 0 radical (unpaired) electrons. The largest absolute Gasteiger partial charge is 0.456 e. The maximum atomic E-state index is 6.37. The van der Waals surface area contributed by atoms with Gasteiger partial charge in [-0.2, -0.15) is 9.97 Å². The average Bonchev–Trinajstić information content (AvgIpc) is 4.10. The minimum atomic E-state index is -2.05. The first-order chi connectivity index (χ1) is 34.7. The normalized spacial score (nSPS) is 12.2. The molecule has 14 aromatic rings. The predicted octanol–water partition coefficient (Wildman–Crippen LogP) is 16.6. The summed E-state index contributed by atoms with van der Waals surface area (Å²) in [5.74, 6) is 1.74. The van der Waals surface area contributed by atoms with E-state index in [0.717, 1.165) is 82.4 Å². The standard InChI is InChI=1S/C63H41N5OS/c1-5-19-42(20-6-1)61-64-62(66-63(65-61)68-54-30-16-13-27-49(54)51-38-39-56-59(60(51)68)52-29-14-17-31-55(52)67(56)44-21-7-2-8-22-44)43-33-35-47(36-34-43)70(45-23-9-3-10-24-45,46-25-11-4-12-26-46)48-37-40-58-53(41-48)50-28-15-18-32-57(50)69-58/h1-41H. The Hall–Kier alpha value is -9.04. The van der Waals surface area contributed by atoms with E-state index in [1.807, 2.05) is 30.3 Å². The van der Waals surface area contributed by atoms with Crippen molar-refractivity contribution in [3.05, 3.63) is 249 Å². The zero-order chi connectivity index (χ0) is 46.2. The first kappa shape index (κ1) is 40.1. The van der Waals surface area contributed by atoms with Gasteiger partial charge in [0.1, 0.15) is 11.2 Å². The summed E-state index contributed by atoms with van der Waals surface area (Å²) in [6.07, 6.45) is 0. The molecule has 4 aromatic heterocycles. The first-order valence-electron chi connectivity index (χ1n) is 23.5. The van der Waals surface area contributed by atoms with E-state index in [1.54, 1.807) is 0 Å². The zero-order valence-electron chi connectivity index (χ0n) is 37.7. The SMILES string of the molecule is c1ccc(-c2nc(-c3ccc(S(c4ccccc4)(c4ccccc4)c4ccc5oc6ccccc6c5c4)cc3)nc(-n3c4ccccc4c4ccc5c(c6ccccc6n5-c5ccccc5)c43)n2)cc1. The van der Waals surface area contributed by atoms with Gasteiger partial charge in [-0.05, 0) is 91.0 Å². The van der Waals surface area contributed by atoms with Gasteiger partial charge in [0.2, 0.25) is 5.95 Å². The highest BCUT2D eigenvalue weighted by Gasteiger charge is 2.34. The van der Waals surface area contributed by atoms with Gasteiger partial charge in [0, 0.05) is 68.7 Å². The smallest absolute Gasteiger partial charge is 0.238 e. The Kier molecular flexibility index (Phi) is 9.19. The second-order valence-electron chi connectivity index (χ2n) is 17.6. The molecule has 6 nitrogen and oxygen atoms in total. The van der Waals surface area contributed by atoms with Crippen LogP contribution < -0.4 is 0 Å². The van der Waals surface area contributed by atoms with Crippen molar-refractivity contribution in [2.24, 2.45) is 0 Å². The lowest BCUT2D eigenvalue weighted by Crippen LogP contribution is -2.07. The number of hydrogen-bond donors (Lipinski definition) is 0.